The van der Waals surface area contributed by atoms with E-state index in [0.717, 1.165) is 5.57 Å². The summed E-state index contributed by atoms with van der Waals surface area (Å²) in [7, 11) is 0. The molecule has 0 N–H and O–H groups in total. The highest BCUT2D eigenvalue weighted by molar-refractivity contribution is 5.23. The zero-order chi connectivity index (χ0) is 6.57. The maximum absolute atomic E-state index is 3.65. The van der Waals surface area contributed by atoms with Crippen LogP contribution >= 0.6 is 0 Å². The second kappa shape index (κ2) is 3.32. The quantitative estimate of drug-likeness (QED) is 0.417. The number of hydrogen-bond donors (Lipinski definition) is 0. The van der Waals surface area contributed by atoms with Crippen LogP contribution in [0.25, 0.3) is 0 Å². The van der Waals surface area contributed by atoms with Crippen LogP contribution in [0.3, 0.4) is 0 Å². The van der Waals surface area contributed by atoms with E-state index in [9.17, 15) is 0 Å². The van der Waals surface area contributed by atoms with Crippen LogP contribution in [-0.2, 0) is 0 Å². The van der Waals surface area contributed by atoms with Crippen LogP contribution in [0.15, 0.2) is 12.2 Å². The Balaban J connectivity index is 3.68. The van der Waals surface area contributed by atoms with E-state index < -0.39 is 0 Å². The van der Waals surface area contributed by atoms with Gasteiger partial charge in [-0.25, -0.2) is 0 Å². The smallest absolute Gasteiger partial charge is 0.0149 e. The summed E-state index contributed by atoms with van der Waals surface area (Å²) in [6.07, 6.45) is 0. The summed E-state index contributed by atoms with van der Waals surface area (Å²) in [5.74, 6) is 6.36. The minimum atomic E-state index is 0.465. The highest BCUT2D eigenvalue weighted by atomic mass is 13.8. The van der Waals surface area contributed by atoms with E-state index in [-0.39, 0.29) is 0 Å². The largest absolute Gasteiger partial charge is 0.0954 e. The summed E-state index contributed by atoms with van der Waals surface area (Å²) in [6.45, 7) is 9.70. The Morgan fingerprint density at radius 1 is 1.50 bits per heavy atom. The molecule has 0 heteroatoms. The summed E-state index contributed by atoms with van der Waals surface area (Å²) in [5.41, 5.74) is 0.943. The lowest BCUT2D eigenvalue weighted by Gasteiger charge is -1.85. The van der Waals surface area contributed by atoms with E-state index >= 15 is 0 Å². The lowest BCUT2D eigenvalue weighted by atomic mass is 10.2. The van der Waals surface area contributed by atoms with Gasteiger partial charge in [-0.1, -0.05) is 32.3 Å². The van der Waals surface area contributed by atoms with Crippen molar-refractivity contribution in [1.82, 2.24) is 0 Å². The molecule has 0 aliphatic rings. The Kier molecular flexibility index (Phi) is 3.03. The molecule has 0 unspecified atom stereocenters. The molecule has 0 saturated heterocycles. The second-order valence-electron chi connectivity index (χ2n) is 2.20. The summed E-state index contributed by atoms with van der Waals surface area (Å²) in [5, 5.41) is 0. The van der Waals surface area contributed by atoms with Crippen LogP contribution in [0.5, 0.6) is 0 Å². The van der Waals surface area contributed by atoms with E-state index in [1.807, 2.05) is 6.92 Å². The summed E-state index contributed by atoms with van der Waals surface area (Å²) in [6, 6.07) is 0. The monoisotopic (exact) mass is 108 g/mol. The van der Waals surface area contributed by atoms with Crippen molar-refractivity contribution >= 4 is 0 Å². The van der Waals surface area contributed by atoms with E-state index in [1.165, 1.54) is 0 Å². The van der Waals surface area contributed by atoms with Gasteiger partial charge in [-0.15, -0.1) is 0 Å². The van der Waals surface area contributed by atoms with Crippen LogP contribution in [-0.4, -0.2) is 0 Å². The molecule has 0 atom stereocenters. The van der Waals surface area contributed by atoms with Gasteiger partial charge in [0, 0.05) is 5.92 Å². The number of hydrogen-bond acceptors (Lipinski definition) is 0. The highest BCUT2D eigenvalue weighted by Crippen LogP contribution is 1.88. The van der Waals surface area contributed by atoms with Gasteiger partial charge in [-0.2, -0.15) is 0 Å². The first-order valence-electron chi connectivity index (χ1n) is 2.80. The lowest BCUT2D eigenvalue weighted by molar-refractivity contribution is 0.866. The molecule has 0 heterocycles. The van der Waals surface area contributed by atoms with Gasteiger partial charge >= 0.3 is 0 Å². The zero-order valence-electron chi connectivity index (χ0n) is 5.78. The molecule has 0 aliphatic carbocycles. The molecule has 0 nitrogen and oxygen atoms in total. The molecule has 0 aromatic heterocycles. The van der Waals surface area contributed by atoms with E-state index in [2.05, 4.69) is 32.3 Å². The second-order valence-corrected chi connectivity index (χ2v) is 2.20. The molecule has 0 aromatic rings. The Labute approximate surface area is 51.6 Å². The van der Waals surface area contributed by atoms with Gasteiger partial charge in [0.25, 0.3) is 0 Å². The molecule has 0 bridgehead atoms. The van der Waals surface area contributed by atoms with Gasteiger partial charge in [0.2, 0.25) is 0 Å². The average molecular weight is 108 g/mol. The number of allylic oxidation sites excluding steroid dienone is 1. The Morgan fingerprint density at radius 2 is 2.00 bits per heavy atom. The van der Waals surface area contributed by atoms with E-state index in [1.54, 1.807) is 0 Å². The molecular weight excluding hydrogens is 96.1 g/mol. The normalized spacial score (nSPS) is 8.00. The molecule has 8 heavy (non-hydrogen) atoms. The van der Waals surface area contributed by atoms with Crippen molar-refractivity contribution in [1.29, 1.82) is 0 Å². The van der Waals surface area contributed by atoms with Crippen LogP contribution in [0.1, 0.15) is 20.8 Å². The van der Waals surface area contributed by atoms with E-state index in [4.69, 9.17) is 0 Å². The van der Waals surface area contributed by atoms with Gasteiger partial charge in [-0.05, 0) is 12.5 Å². The maximum Gasteiger partial charge on any atom is 0.0149 e. The maximum atomic E-state index is 3.65. The van der Waals surface area contributed by atoms with Crippen molar-refractivity contribution in [3.8, 4) is 11.8 Å². The van der Waals surface area contributed by atoms with Crippen molar-refractivity contribution < 1.29 is 0 Å². The standard InChI is InChI=1S/C8H12/c1-7(2)5-6-8(3)4/h8H,1H2,2-4H3. The lowest BCUT2D eigenvalue weighted by Crippen LogP contribution is -1.76. The minimum absolute atomic E-state index is 0.465. The first kappa shape index (κ1) is 7.30. The van der Waals surface area contributed by atoms with Crippen molar-refractivity contribution in [2.45, 2.75) is 20.8 Å². The van der Waals surface area contributed by atoms with Crippen molar-refractivity contribution in [3.63, 3.8) is 0 Å². The van der Waals surface area contributed by atoms with Gasteiger partial charge in [0.15, 0.2) is 0 Å². The molecule has 0 amide bonds. The molecule has 0 spiro atoms. The van der Waals surface area contributed by atoms with Crippen LogP contribution in [0, 0.1) is 17.8 Å². The fourth-order valence-corrected chi connectivity index (χ4v) is 0.268. The van der Waals surface area contributed by atoms with Crippen LogP contribution < -0.4 is 0 Å². The minimum Gasteiger partial charge on any atom is -0.0954 e. The summed E-state index contributed by atoms with van der Waals surface area (Å²) in [4.78, 5) is 0. The fraction of sp³-hybridized carbons (Fsp3) is 0.500. The molecule has 0 rings (SSSR count). The first-order chi connectivity index (χ1) is 3.63. The topological polar surface area (TPSA) is 0 Å². The molecule has 0 aliphatic heterocycles. The number of rotatable bonds is 0. The Hall–Kier alpha value is -0.700. The van der Waals surface area contributed by atoms with Crippen molar-refractivity contribution in [3.05, 3.63) is 12.2 Å². The highest BCUT2D eigenvalue weighted by Gasteiger charge is 1.79. The van der Waals surface area contributed by atoms with Gasteiger partial charge in [0.1, 0.15) is 0 Å². The van der Waals surface area contributed by atoms with Gasteiger partial charge < -0.3 is 0 Å². The van der Waals surface area contributed by atoms with E-state index in [0.29, 0.717) is 5.92 Å². The SMILES string of the molecule is C=C(C)C#CC(C)C. The Bertz CT molecular complexity index is 130. The predicted octanol–water partition coefficient (Wildman–Crippen LogP) is 2.22. The summed E-state index contributed by atoms with van der Waals surface area (Å²) >= 11 is 0. The van der Waals surface area contributed by atoms with Gasteiger partial charge in [-0.3, -0.25) is 0 Å². The third-order valence-electron chi connectivity index (χ3n) is 0.574. The van der Waals surface area contributed by atoms with Crippen LogP contribution in [0.2, 0.25) is 0 Å². The third-order valence-corrected chi connectivity index (χ3v) is 0.574. The molecule has 0 radical (unpaired) electrons. The van der Waals surface area contributed by atoms with Crippen molar-refractivity contribution in [2.24, 2.45) is 5.92 Å². The fourth-order valence-electron chi connectivity index (χ4n) is 0.268. The van der Waals surface area contributed by atoms with Crippen LogP contribution in [0.4, 0.5) is 0 Å². The van der Waals surface area contributed by atoms with Gasteiger partial charge in [0.05, 0.1) is 0 Å². The predicted molar refractivity (Wildman–Crippen MR) is 37.4 cm³/mol. The molecular formula is C8H12. The Morgan fingerprint density at radius 3 is 2.12 bits per heavy atom. The third kappa shape index (κ3) is 5.30. The molecule has 0 aromatic carbocycles. The average Bonchev–Trinajstić information content (AvgIpc) is 1.61. The zero-order valence-corrected chi connectivity index (χ0v) is 5.78. The molecule has 0 fully saturated rings. The molecule has 0 saturated carbocycles. The van der Waals surface area contributed by atoms with Crippen molar-refractivity contribution in [2.75, 3.05) is 0 Å². The molecule has 44 valence electrons. The first-order valence-corrected chi connectivity index (χ1v) is 2.80. The summed E-state index contributed by atoms with van der Waals surface area (Å²) < 4.78 is 0.